The molecule has 0 bridgehead atoms. The monoisotopic (exact) mass is 251 g/mol. The Hall–Kier alpha value is -1.60. The van der Waals surface area contributed by atoms with Crippen molar-refractivity contribution in [1.29, 1.82) is 0 Å². The van der Waals surface area contributed by atoms with Crippen LogP contribution >= 0.6 is 0 Å². The summed E-state index contributed by atoms with van der Waals surface area (Å²) in [5.74, 6) is 0. The molecule has 1 saturated heterocycles. The summed E-state index contributed by atoms with van der Waals surface area (Å²) in [5, 5.41) is 0. The van der Waals surface area contributed by atoms with Gasteiger partial charge in [0, 0.05) is 12.0 Å². The molecule has 2 aromatic carbocycles. The van der Waals surface area contributed by atoms with Gasteiger partial charge in [0.2, 0.25) is 0 Å². The molecule has 19 heavy (non-hydrogen) atoms. The fourth-order valence-corrected chi connectivity index (χ4v) is 2.98. The van der Waals surface area contributed by atoms with Crippen LogP contribution in [0.2, 0.25) is 0 Å². The van der Waals surface area contributed by atoms with Crippen molar-refractivity contribution in [1.82, 2.24) is 0 Å². The maximum atomic E-state index is 5.96. The quantitative estimate of drug-likeness (QED) is 0.801. The number of rotatable bonds is 3. The van der Waals surface area contributed by atoms with Crippen LogP contribution in [0.15, 0.2) is 60.7 Å². The Labute approximate surface area is 115 Å². The lowest BCUT2D eigenvalue weighted by molar-refractivity contribution is 0.0744. The first-order valence-electron chi connectivity index (χ1n) is 6.90. The van der Waals surface area contributed by atoms with Crippen molar-refractivity contribution < 1.29 is 4.74 Å². The van der Waals surface area contributed by atoms with Crippen LogP contribution in [0, 0.1) is 6.92 Å². The van der Waals surface area contributed by atoms with Gasteiger partial charge in [0.05, 0.1) is 6.10 Å². The molecule has 0 aromatic heterocycles. The molecule has 0 N–H and O–H groups in total. The number of benzene rings is 2. The molecule has 1 heteroatoms. The van der Waals surface area contributed by atoms with Crippen molar-refractivity contribution in [3.63, 3.8) is 0 Å². The number of hydrogen-bond acceptors (Lipinski definition) is 1. The molecule has 1 fully saturated rings. The van der Waals surface area contributed by atoms with Gasteiger partial charge in [-0.2, -0.15) is 0 Å². The zero-order valence-corrected chi connectivity index (χ0v) is 11.1. The van der Waals surface area contributed by atoms with Gasteiger partial charge in [0.25, 0.3) is 0 Å². The standard InChI is InChI=1S/C18H19O/c1-18(17-13-8-14-19-17,15-9-4-2-5-10-15)16-11-6-3-7-12-16/h2-7,9-12,17H,1,8,13-14H2. The van der Waals surface area contributed by atoms with E-state index < -0.39 is 0 Å². The Morgan fingerprint density at radius 1 is 0.895 bits per heavy atom. The predicted molar refractivity (Wildman–Crippen MR) is 78.0 cm³/mol. The van der Waals surface area contributed by atoms with E-state index in [-0.39, 0.29) is 11.5 Å². The molecular formula is C18H19O. The molecule has 1 aliphatic heterocycles. The summed E-state index contributed by atoms with van der Waals surface area (Å²) < 4.78 is 5.96. The summed E-state index contributed by atoms with van der Waals surface area (Å²) in [7, 11) is 0. The second kappa shape index (κ2) is 5.18. The largest absolute Gasteiger partial charge is 0.377 e. The molecule has 2 aromatic rings. The van der Waals surface area contributed by atoms with Crippen molar-refractivity contribution in [2.45, 2.75) is 24.4 Å². The van der Waals surface area contributed by atoms with E-state index in [1.165, 1.54) is 11.1 Å². The fraction of sp³-hybridized carbons (Fsp3) is 0.278. The first-order chi connectivity index (χ1) is 9.32. The summed E-state index contributed by atoms with van der Waals surface area (Å²) >= 11 is 0. The van der Waals surface area contributed by atoms with Crippen LogP contribution < -0.4 is 0 Å². The fourth-order valence-electron chi connectivity index (χ4n) is 2.98. The Morgan fingerprint density at radius 2 is 1.42 bits per heavy atom. The molecular weight excluding hydrogens is 232 g/mol. The van der Waals surface area contributed by atoms with Crippen molar-refractivity contribution in [3.05, 3.63) is 78.7 Å². The maximum Gasteiger partial charge on any atom is 0.0713 e. The Balaban J connectivity index is 2.10. The average molecular weight is 251 g/mol. The molecule has 1 aliphatic rings. The van der Waals surface area contributed by atoms with Crippen LogP contribution in [0.5, 0.6) is 0 Å². The zero-order chi connectivity index (χ0) is 13.1. The van der Waals surface area contributed by atoms with Gasteiger partial charge in [0.1, 0.15) is 0 Å². The average Bonchev–Trinajstić information content (AvgIpc) is 3.03. The molecule has 0 amide bonds. The topological polar surface area (TPSA) is 9.23 Å². The molecule has 97 valence electrons. The van der Waals surface area contributed by atoms with Gasteiger partial charge >= 0.3 is 0 Å². The van der Waals surface area contributed by atoms with Crippen molar-refractivity contribution in [2.24, 2.45) is 0 Å². The molecule has 3 rings (SSSR count). The minimum absolute atomic E-state index is 0.164. The molecule has 1 heterocycles. The van der Waals surface area contributed by atoms with E-state index in [1.807, 2.05) is 12.1 Å². The summed E-state index contributed by atoms with van der Waals surface area (Å²) in [5.41, 5.74) is 2.15. The van der Waals surface area contributed by atoms with Crippen LogP contribution in [-0.4, -0.2) is 12.7 Å². The molecule has 1 atom stereocenters. The third kappa shape index (κ3) is 2.19. The van der Waals surface area contributed by atoms with E-state index in [2.05, 4.69) is 55.5 Å². The second-order valence-electron chi connectivity index (χ2n) is 5.21. The lowest BCUT2D eigenvalue weighted by Gasteiger charge is -2.36. The number of hydrogen-bond donors (Lipinski definition) is 0. The van der Waals surface area contributed by atoms with Gasteiger partial charge in [0.15, 0.2) is 0 Å². The van der Waals surface area contributed by atoms with Gasteiger partial charge < -0.3 is 4.74 Å². The van der Waals surface area contributed by atoms with Gasteiger partial charge in [-0.1, -0.05) is 60.7 Å². The van der Waals surface area contributed by atoms with Crippen LogP contribution in [0.25, 0.3) is 0 Å². The summed E-state index contributed by atoms with van der Waals surface area (Å²) in [6, 6.07) is 21.0. The molecule has 0 spiro atoms. The van der Waals surface area contributed by atoms with E-state index >= 15 is 0 Å². The van der Waals surface area contributed by atoms with Crippen molar-refractivity contribution in [2.75, 3.05) is 6.61 Å². The van der Waals surface area contributed by atoms with E-state index in [9.17, 15) is 0 Å². The second-order valence-corrected chi connectivity index (χ2v) is 5.21. The Bertz CT molecular complexity index is 472. The Kier molecular flexibility index (Phi) is 3.39. The van der Waals surface area contributed by atoms with Gasteiger partial charge in [-0.05, 0) is 30.9 Å². The van der Waals surface area contributed by atoms with E-state index in [0.29, 0.717) is 0 Å². The lowest BCUT2D eigenvalue weighted by Crippen LogP contribution is -2.37. The van der Waals surface area contributed by atoms with Crippen LogP contribution in [-0.2, 0) is 10.2 Å². The Morgan fingerprint density at radius 3 is 1.84 bits per heavy atom. The van der Waals surface area contributed by atoms with Gasteiger partial charge in [-0.25, -0.2) is 0 Å². The van der Waals surface area contributed by atoms with Gasteiger partial charge in [-0.3, -0.25) is 0 Å². The van der Waals surface area contributed by atoms with Gasteiger partial charge in [-0.15, -0.1) is 0 Å². The minimum atomic E-state index is -0.307. The summed E-state index contributed by atoms with van der Waals surface area (Å²) in [4.78, 5) is 0. The lowest BCUT2D eigenvalue weighted by atomic mass is 9.71. The highest BCUT2D eigenvalue weighted by Gasteiger charge is 2.40. The maximum absolute atomic E-state index is 5.96. The van der Waals surface area contributed by atoms with Crippen LogP contribution in [0.3, 0.4) is 0 Å². The summed E-state index contributed by atoms with van der Waals surface area (Å²) in [6.45, 7) is 5.42. The zero-order valence-electron chi connectivity index (χ0n) is 11.1. The first kappa shape index (κ1) is 12.4. The molecule has 0 saturated carbocycles. The van der Waals surface area contributed by atoms with E-state index in [0.717, 1.165) is 19.4 Å². The summed E-state index contributed by atoms with van der Waals surface area (Å²) in [6.07, 6.45) is 2.37. The molecule has 1 unspecified atom stereocenters. The number of ether oxygens (including phenoxy) is 1. The smallest absolute Gasteiger partial charge is 0.0713 e. The predicted octanol–water partition coefficient (Wildman–Crippen LogP) is 3.99. The first-order valence-corrected chi connectivity index (χ1v) is 6.90. The SMILES string of the molecule is [CH2]C(c1ccccc1)(c1ccccc1)C1CCCO1. The van der Waals surface area contributed by atoms with E-state index in [1.54, 1.807) is 0 Å². The van der Waals surface area contributed by atoms with Crippen LogP contribution in [0.4, 0.5) is 0 Å². The molecule has 1 nitrogen and oxygen atoms in total. The highest BCUT2D eigenvalue weighted by molar-refractivity contribution is 5.42. The highest BCUT2D eigenvalue weighted by Crippen LogP contribution is 2.40. The minimum Gasteiger partial charge on any atom is -0.377 e. The highest BCUT2D eigenvalue weighted by atomic mass is 16.5. The van der Waals surface area contributed by atoms with Crippen LogP contribution in [0.1, 0.15) is 24.0 Å². The normalized spacial score (nSPS) is 19.5. The van der Waals surface area contributed by atoms with E-state index in [4.69, 9.17) is 4.74 Å². The third-order valence-corrected chi connectivity index (χ3v) is 4.06. The van der Waals surface area contributed by atoms with Crippen molar-refractivity contribution in [3.8, 4) is 0 Å². The third-order valence-electron chi connectivity index (χ3n) is 4.06. The molecule has 1 radical (unpaired) electrons. The molecule has 0 aliphatic carbocycles. The van der Waals surface area contributed by atoms with Crippen molar-refractivity contribution >= 4 is 0 Å².